The summed E-state index contributed by atoms with van der Waals surface area (Å²) in [7, 11) is -1.90. The first-order valence-corrected chi connectivity index (χ1v) is 15.5. The van der Waals surface area contributed by atoms with E-state index in [1.165, 1.54) is 17.4 Å². The van der Waals surface area contributed by atoms with Gasteiger partial charge in [-0.05, 0) is 83.1 Å². The minimum Gasteiger partial charge on any atom is -0.383 e. The van der Waals surface area contributed by atoms with Crippen molar-refractivity contribution in [2.75, 3.05) is 33.4 Å². The van der Waals surface area contributed by atoms with E-state index in [1.54, 1.807) is 7.11 Å². The second kappa shape index (κ2) is 12.5. The van der Waals surface area contributed by atoms with Crippen LogP contribution < -0.4 is 0 Å². The van der Waals surface area contributed by atoms with Crippen LogP contribution in [-0.4, -0.2) is 57.6 Å². The summed E-state index contributed by atoms with van der Waals surface area (Å²) < 4.78 is 57.7. The van der Waals surface area contributed by atoms with E-state index in [-0.39, 0.29) is 5.56 Å². The Morgan fingerprint density at radius 3 is 2.40 bits per heavy atom. The molecule has 5 nitrogen and oxygen atoms in total. The van der Waals surface area contributed by atoms with E-state index in [0.717, 1.165) is 66.6 Å². The smallest absolute Gasteiger partial charge is 0.175 e. The van der Waals surface area contributed by atoms with Crippen LogP contribution in [0, 0.1) is 11.6 Å². The third-order valence-corrected chi connectivity index (χ3v) is 9.14. The lowest BCUT2D eigenvalue weighted by Crippen LogP contribution is -2.39. The van der Waals surface area contributed by atoms with Crippen LogP contribution in [0.1, 0.15) is 29.5 Å². The molecule has 0 spiro atoms. The molecule has 2 aliphatic heterocycles. The van der Waals surface area contributed by atoms with Crippen LogP contribution in [0.15, 0.2) is 71.6 Å². The molecule has 0 bridgehead atoms. The zero-order valence-electron chi connectivity index (χ0n) is 22.5. The summed E-state index contributed by atoms with van der Waals surface area (Å²) in [6.45, 7) is 4.36. The van der Waals surface area contributed by atoms with Crippen molar-refractivity contribution < 1.29 is 21.9 Å². The minimum atomic E-state index is -3.65. The Labute approximate surface area is 239 Å². The molecular weight excluding hydrogens is 554 g/mol. The van der Waals surface area contributed by atoms with Gasteiger partial charge in [0.15, 0.2) is 9.84 Å². The van der Waals surface area contributed by atoms with E-state index in [1.807, 2.05) is 24.3 Å². The van der Waals surface area contributed by atoms with Crippen LogP contribution in [0.25, 0.3) is 11.1 Å². The second-order valence-electron chi connectivity index (χ2n) is 10.7. The predicted molar refractivity (Wildman–Crippen MR) is 155 cm³/mol. The lowest BCUT2D eigenvalue weighted by Gasteiger charge is -2.34. The summed E-state index contributed by atoms with van der Waals surface area (Å²) in [5.41, 5.74) is 5.48. The molecule has 3 aromatic rings. The van der Waals surface area contributed by atoms with Gasteiger partial charge in [0.25, 0.3) is 0 Å². The average Bonchev–Trinajstić information content (AvgIpc) is 3.29. The van der Waals surface area contributed by atoms with Crippen LogP contribution in [-0.2, 0) is 33.4 Å². The molecule has 2 saturated heterocycles. The molecule has 0 aromatic heterocycles. The summed E-state index contributed by atoms with van der Waals surface area (Å²) in [5.74, 6) is -2.01. The maximum absolute atomic E-state index is 13.5. The maximum atomic E-state index is 13.5. The highest BCUT2D eigenvalue weighted by molar-refractivity contribution is 7.93. The van der Waals surface area contributed by atoms with Gasteiger partial charge < -0.3 is 4.74 Å². The van der Waals surface area contributed by atoms with Crippen LogP contribution in [0.4, 0.5) is 8.78 Å². The zero-order valence-corrected chi connectivity index (χ0v) is 24.0. The number of likely N-dealkylation sites (tertiary alicyclic amines) is 2. The van der Waals surface area contributed by atoms with Gasteiger partial charge in [-0.1, -0.05) is 35.9 Å². The van der Waals surface area contributed by atoms with Crippen molar-refractivity contribution in [2.45, 2.75) is 37.7 Å². The Morgan fingerprint density at radius 2 is 1.70 bits per heavy atom. The van der Waals surface area contributed by atoms with E-state index in [0.29, 0.717) is 30.7 Å². The molecule has 3 aromatic carbocycles. The zero-order chi connectivity index (χ0) is 28.3. The van der Waals surface area contributed by atoms with Crippen LogP contribution in [0.5, 0.6) is 0 Å². The number of halogens is 3. The van der Waals surface area contributed by atoms with Gasteiger partial charge in [0.1, 0.15) is 11.6 Å². The molecular formula is C31H33ClF2N2O3S. The van der Waals surface area contributed by atoms with Crippen molar-refractivity contribution in [3.05, 3.63) is 105 Å². The fourth-order valence-electron chi connectivity index (χ4n) is 5.65. The molecule has 0 radical (unpaired) electrons. The van der Waals surface area contributed by atoms with E-state index in [2.05, 4.69) is 28.0 Å². The Kier molecular flexibility index (Phi) is 9.02. The summed E-state index contributed by atoms with van der Waals surface area (Å²) in [4.78, 5) is 4.65. The number of sulfone groups is 1. The summed E-state index contributed by atoms with van der Waals surface area (Å²) in [6, 6.07) is 17.7. The highest BCUT2D eigenvalue weighted by Crippen LogP contribution is 2.31. The van der Waals surface area contributed by atoms with Crippen LogP contribution in [0.2, 0.25) is 5.02 Å². The Morgan fingerprint density at radius 1 is 0.975 bits per heavy atom. The summed E-state index contributed by atoms with van der Waals surface area (Å²) in [6.07, 6.45) is 2.32. The summed E-state index contributed by atoms with van der Waals surface area (Å²) in [5, 5.41) is 1.93. The first kappa shape index (κ1) is 28.9. The van der Waals surface area contributed by atoms with E-state index < -0.39 is 27.2 Å². The lowest BCUT2D eigenvalue weighted by molar-refractivity contribution is 0.112. The van der Waals surface area contributed by atoms with Gasteiger partial charge in [-0.15, -0.1) is 0 Å². The molecule has 212 valence electrons. The number of methoxy groups -OCH3 is 1. The second-order valence-corrected chi connectivity index (χ2v) is 13.0. The van der Waals surface area contributed by atoms with E-state index >= 15 is 0 Å². The fourth-order valence-corrected chi connectivity index (χ4v) is 7.15. The third kappa shape index (κ3) is 7.36. The molecule has 1 atom stereocenters. The first-order chi connectivity index (χ1) is 19.2. The van der Waals surface area contributed by atoms with E-state index in [9.17, 15) is 17.2 Å². The monoisotopic (exact) mass is 586 g/mol. The van der Waals surface area contributed by atoms with Crippen molar-refractivity contribution in [3.63, 3.8) is 0 Å². The molecule has 0 saturated carbocycles. The van der Waals surface area contributed by atoms with Gasteiger partial charge in [0, 0.05) is 55.8 Å². The molecule has 5 rings (SSSR count). The third-order valence-electron chi connectivity index (χ3n) is 7.46. The van der Waals surface area contributed by atoms with Gasteiger partial charge in [-0.2, -0.15) is 0 Å². The Hall–Kier alpha value is -2.62. The van der Waals surface area contributed by atoms with Crippen LogP contribution in [0.3, 0.4) is 0 Å². The van der Waals surface area contributed by atoms with Crippen molar-refractivity contribution in [3.8, 4) is 11.1 Å². The molecule has 40 heavy (non-hydrogen) atoms. The standard InChI is InChI=1S/C31H33ClF2N2O3S/c1-39-19-30-3-2-10-36(30)17-22-4-5-26(31(13-22)25-6-8-27(32)9-7-25)18-35-15-24(16-35)21-40(37,38)20-23-11-28(33)14-29(34)12-23/h4-9,11-14,21,30H,2-3,10,15-20H2,1H3/t30-/m0/s1. The highest BCUT2D eigenvalue weighted by Gasteiger charge is 2.26. The number of benzene rings is 3. The number of nitrogens with zero attached hydrogens (tertiary/aromatic N) is 2. The van der Waals surface area contributed by atoms with Gasteiger partial charge >= 0.3 is 0 Å². The van der Waals surface area contributed by atoms with Gasteiger partial charge in [0.2, 0.25) is 0 Å². The number of ether oxygens (including phenoxy) is 1. The topological polar surface area (TPSA) is 49.9 Å². The lowest BCUT2D eigenvalue weighted by atomic mass is 9.95. The molecule has 9 heteroatoms. The number of hydrogen-bond donors (Lipinski definition) is 0. The first-order valence-electron chi connectivity index (χ1n) is 13.4. The maximum Gasteiger partial charge on any atom is 0.175 e. The molecule has 0 N–H and O–H groups in total. The Balaban J connectivity index is 1.29. The summed E-state index contributed by atoms with van der Waals surface area (Å²) >= 11 is 6.16. The quantitative estimate of drug-likeness (QED) is 0.283. The molecule has 2 aliphatic rings. The molecule has 0 aliphatic carbocycles. The fraction of sp³-hybridized carbons (Fsp3) is 0.355. The minimum absolute atomic E-state index is 0.0979. The van der Waals surface area contributed by atoms with Crippen molar-refractivity contribution in [1.29, 1.82) is 0 Å². The Bertz CT molecular complexity index is 1470. The normalized spacial score (nSPS) is 18.2. The van der Waals surface area contributed by atoms with Crippen LogP contribution >= 0.6 is 11.6 Å². The predicted octanol–water partition coefficient (Wildman–Crippen LogP) is 6.21. The molecule has 2 heterocycles. The van der Waals surface area contributed by atoms with Gasteiger partial charge in [-0.3, -0.25) is 9.80 Å². The molecule has 2 fully saturated rings. The van der Waals surface area contributed by atoms with Gasteiger partial charge in [0.05, 0.1) is 12.4 Å². The molecule has 0 amide bonds. The number of rotatable bonds is 10. The van der Waals surface area contributed by atoms with Crippen molar-refractivity contribution >= 4 is 21.4 Å². The highest BCUT2D eigenvalue weighted by atomic mass is 35.5. The average molecular weight is 587 g/mol. The molecule has 0 unspecified atom stereocenters. The van der Waals surface area contributed by atoms with Crippen molar-refractivity contribution in [1.82, 2.24) is 9.80 Å². The SMILES string of the molecule is COC[C@@H]1CCCN1Cc1ccc(CN2CC(=CS(=O)(=O)Cc3cc(F)cc(F)c3)C2)c(-c2ccc(Cl)cc2)c1. The van der Waals surface area contributed by atoms with Gasteiger partial charge in [-0.25, -0.2) is 17.2 Å². The van der Waals surface area contributed by atoms with Crippen molar-refractivity contribution in [2.24, 2.45) is 0 Å². The largest absolute Gasteiger partial charge is 0.383 e. The number of hydrogen-bond acceptors (Lipinski definition) is 5. The van der Waals surface area contributed by atoms with E-state index in [4.69, 9.17) is 16.3 Å².